The number of hydrogen-bond donors (Lipinski definition) is 0. The minimum Gasteiger partial charge on any atom is -0.0622 e. The molecule has 14 rings (SSSR count). The van der Waals surface area contributed by atoms with Crippen molar-refractivity contribution in [3.8, 4) is 66.8 Å². The zero-order valence-electron chi connectivity index (χ0n) is 36.9. The third-order valence-corrected chi connectivity index (χ3v) is 15.1. The van der Waals surface area contributed by atoms with E-state index < -0.39 is 0 Å². The Morgan fingerprint density at radius 2 is 0.627 bits per heavy atom. The highest BCUT2D eigenvalue weighted by molar-refractivity contribution is 5.94. The molecule has 0 aliphatic heterocycles. The van der Waals surface area contributed by atoms with Gasteiger partial charge in [0, 0.05) is 17.8 Å². The SMILES string of the molecule is c1ccc(-c2ccc(C3c4ccccc4-c4cc5c(cc43)C(c3cccc(-c4ccccc4)c3)c3ccc(-c4ccc6c(c4)-c4ccccc4C6c4cccc6ccccc46)cc3-5)cc2)cc1. The predicted octanol–water partition coefficient (Wildman–Crippen LogP) is 17.3. The predicted molar refractivity (Wildman–Crippen MR) is 279 cm³/mol. The van der Waals surface area contributed by atoms with Gasteiger partial charge in [-0.2, -0.15) is 0 Å². The van der Waals surface area contributed by atoms with E-state index in [0.29, 0.717) is 0 Å². The van der Waals surface area contributed by atoms with E-state index in [9.17, 15) is 0 Å². The lowest BCUT2D eigenvalue weighted by Gasteiger charge is -2.19. The summed E-state index contributed by atoms with van der Waals surface area (Å²) in [6.07, 6.45) is 0. The number of rotatable bonds is 6. The van der Waals surface area contributed by atoms with Crippen LogP contribution in [0.1, 0.15) is 67.8 Å². The number of hydrogen-bond acceptors (Lipinski definition) is 0. The summed E-state index contributed by atoms with van der Waals surface area (Å²) >= 11 is 0. The largest absolute Gasteiger partial charge is 0.0622 e. The van der Waals surface area contributed by atoms with E-state index in [-0.39, 0.29) is 17.8 Å². The van der Waals surface area contributed by atoms with Gasteiger partial charge in [0.2, 0.25) is 0 Å². The molecule has 0 spiro atoms. The molecule has 0 amide bonds. The molecule has 0 radical (unpaired) electrons. The second-order valence-electron chi connectivity index (χ2n) is 18.7. The third-order valence-electron chi connectivity index (χ3n) is 15.1. The maximum atomic E-state index is 2.58. The Kier molecular flexibility index (Phi) is 8.58. The molecule has 11 aromatic carbocycles. The Morgan fingerprint density at radius 1 is 0.194 bits per heavy atom. The quantitative estimate of drug-likeness (QED) is 0.156. The lowest BCUT2D eigenvalue weighted by Crippen LogP contribution is -2.03. The van der Waals surface area contributed by atoms with Gasteiger partial charge < -0.3 is 0 Å². The highest BCUT2D eigenvalue weighted by Crippen LogP contribution is 2.57. The molecule has 0 nitrogen and oxygen atoms in total. The fourth-order valence-corrected chi connectivity index (χ4v) is 12.1. The van der Waals surface area contributed by atoms with E-state index in [1.165, 1.54) is 128 Å². The fourth-order valence-electron chi connectivity index (χ4n) is 12.1. The van der Waals surface area contributed by atoms with Crippen molar-refractivity contribution in [2.45, 2.75) is 17.8 Å². The highest BCUT2D eigenvalue weighted by Gasteiger charge is 2.37. The first kappa shape index (κ1) is 38.0. The standard InChI is InChI=1S/C67H44/c1-3-15-42(16-4-1)44-29-31-46(32-30-44)65-55-26-11-9-24-52(55)61-40-62-60-39-49(33-35-57(60)66(64(62)41-63(61)65)50-22-13-21-47(37-50)43-17-5-2-6-18-43)48-34-36-58-59(38-48)53-25-10-12-27-56(53)67(58)54-28-14-20-45-19-7-8-23-51(45)54/h1-41,65-67H. The second-order valence-corrected chi connectivity index (χ2v) is 18.7. The molecule has 0 saturated carbocycles. The van der Waals surface area contributed by atoms with Crippen LogP contribution in [-0.4, -0.2) is 0 Å². The molecule has 0 heterocycles. The maximum Gasteiger partial charge on any atom is 0.0358 e. The van der Waals surface area contributed by atoms with Crippen molar-refractivity contribution < 1.29 is 0 Å². The van der Waals surface area contributed by atoms with E-state index in [0.717, 1.165) is 0 Å². The first-order valence-corrected chi connectivity index (χ1v) is 23.7. The summed E-state index contributed by atoms with van der Waals surface area (Å²) in [6, 6.07) is 93.5. The van der Waals surface area contributed by atoms with Crippen LogP contribution in [0.15, 0.2) is 249 Å². The van der Waals surface area contributed by atoms with Gasteiger partial charge >= 0.3 is 0 Å². The van der Waals surface area contributed by atoms with Crippen molar-refractivity contribution in [2.75, 3.05) is 0 Å². The topological polar surface area (TPSA) is 0 Å². The van der Waals surface area contributed by atoms with E-state index in [2.05, 4.69) is 249 Å². The summed E-state index contributed by atoms with van der Waals surface area (Å²) in [6.45, 7) is 0. The normalized spacial score (nSPS) is 15.9. The third kappa shape index (κ3) is 6.00. The lowest BCUT2D eigenvalue weighted by molar-refractivity contribution is 0.982. The monoisotopic (exact) mass is 848 g/mol. The summed E-state index contributed by atoms with van der Waals surface area (Å²) < 4.78 is 0. The summed E-state index contributed by atoms with van der Waals surface area (Å²) in [5.74, 6) is 0.413. The minimum absolute atomic E-state index is 0.0891. The van der Waals surface area contributed by atoms with Gasteiger partial charge in [-0.15, -0.1) is 0 Å². The van der Waals surface area contributed by atoms with Crippen LogP contribution in [0, 0.1) is 0 Å². The van der Waals surface area contributed by atoms with E-state index in [1.54, 1.807) is 0 Å². The molecule has 0 saturated heterocycles. The van der Waals surface area contributed by atoms with Crippen molar-refractivity contribution in [3.05, 3.63) is 299 Å². The molecule has 3 aliphatic carbocycles. The molecular formula is C67H44. The van der Waals surface area contributed by atoms with Gasteiger partial charge in [-0.05, 0) is 146 Å². The van der Waals surface area contributed by atoms with E-state index in [4.69, 9.17) is 0 Å². The van der Waals surface area contributed by atoms with Gasteiger partial charge in [0.1, 0.15) is 0 Å². The smallest absolute Gasteiger partial charge is 0.0358 e. The number of fused-ring (bicyclic) bond motifs is 10. The van der Waals surface area contributed by atoms with Crippen molar-refractivity contribution in [1.29, 1.82) is 0 Å². The summed E-state index contributed by atoms with van der Waals surface area (Å²) in [4.78, 5) is 0. The second kappa shape index (κ2) is 15.1. The first-order valence-electron chi connectivity index (χ1n) is 23.7. The molecule has 0 heteroatoms. The van der Waals surface area contributed by atoms with Gasteiger partial charge in [-0.25, -0.2) is 0 Å². The zero-order chi connectivity index (χ0) is 44.0. The summed E-state index contributed by atoms with van der Waals surface area (Å²) in [7, 11) is 0. The van der Waals surface area contributed by atoms with Crippen LogP contribution in [0.3, 0.4) is 0 Å². The van der Waals surface area contributed by atoms with Crippen LogP contribution in [0.5, 0.6) is 0 Å². The first-order chi connectivity index (χ1) is 33.2. The average molecular weight is 849 g/mol. The maximum absolute atomic E-state index is 2.58. The Balaban J connectivity index is 0.927. The molecule has 0 bridgehead atoms. The van der Waals surface area contributed by atoms with Crippen molar-refractivity contribution in [3.63, 3.8) is 0 Å². The molecule has 0 N–H and O–H groups in total. The molecule has 0 aromatic heterocycles. The van der Waals surface area contributed by atoms with Crippen LogP contribution in [0.2, 0.25) is 0 Å². The molecule has 3 aliphatic rings. The molecule has 0 fully saturated rings. The van der Waals surface area contributed by atoms with Crippen LogP contribution < -0.4 is 0 Å². The van der Waals surface area contributed by atoms with Crippen LogP contribution in [-0.2, 0) is 0 Å². The molecular weight excluding hydrogens is 805 g/mol. The zero-order valence-corrected chi connectivity index (χ0v) is 36.9. The summed E-state index contributed by atoms with van der Waals surface area (Å²) in [5.41, 5.74) is 27.8. The van der Waals surface area contributed by atoms with Gasteiger partial charge in [0.25, 0.3) is 0 Å². The van der Waals surface area contributed by atoms with Crippen LogP contribution in [0.4, 0.5) is 0 Å². The highest BCUT2D eigenvalue weighted by atomic mass is 14.4. The lowest BCUT2D eigenvalue weighted by atomic mass is 9.84. The Hall–Kier alpha value is -8.32. The van der Waals surface area contributed by atoms with Gasteiger partial charge in [0.05, 0.1) is 0 Å². The summed E-state index contributed by atoms with van der Waals surface area (Å²) in [5, 5.41) is 2.61. The van der Waals surface area contributed by atoms with Crippen LogP contribution in [0.25, 0.3) is 77.5 Å². The van der Waals surface area contributed by atoms with E-state index in [1.807, 2.05) is 0 Å². The van der Waals surface area contributed by atoms with Crippen molar-refractivity contribution >= 4 is 10.8 Å². The molecule has 3 atom stereocenters. The minimum atomic E-state index is 0.0891. The molecule has 3 unspecified atom stereocenters. The molecule has 11 aromatic rings. The average Bonchev–Trinajstić information content (AvgIpc) is 4.03. The Morgan fingerprint density at radius 3 is 1.34 bits per heavy atom. The van der Waals surface area contributed by atoms with Gasteiger partial charge in [-0.1, -0.05) is 231 Å². The van der Waals surface area contributed by atoms with Gasteiger partial charge in [-0.3, -0.25) is 0 Å². The Bertz CT molecular complexity index is 3740. The van der Waals surface area contributed by atoms with Gasteiger partial charge in [0.15, 0.2) is 0 Å². The Labute approximate surface area is 392 Å². The van der Waals surface area contributed by atoms with E-state index >= 15 is 0 Å². The number of benzene rings is 11. The van der Waals surface area contributed by atoms with Crippen LogP contribution >= 0.6 is 0 Å². The molecule has 67 heavy (non-hydrogen) atoms. The van der Waals surface area contributed by atoms with Crippen molar-refractivity contribution in [2.24, 2.45) is 0 Å². The van der Waals surface area contributed by atoms with Crippen molar-refractivity contribution in [1.82, 2.24) is 0 Å². The fraction of sp³-hybridized carbons (Fsp3) is 0.0448. The molecule has 312 valence electrons.